The Bertz CT molecular complexity index is 477. The van der Waals surface area contributed by atoms with E-state index in [9.17, 15) is 9.59 Å². The molecule has 0 heterocycles. The number of carboxylic acid groups (broad SMARTS) is 2. The average molecular weight is 254 g/mol. The number of aromatic carboxylic acids is 1. The Morgan fingerprint density at radius 3 is 2.22 bits per heavy atom. The second kappa shape index (κ2) is 4.95. The van der Waals surface area contributed by atoms with Crippen molar-refractivity contribution in [1.29, 1.82) is 0 Å². The summed E-state index contributed by atoms with van der Waals surface area (Å²) in [6.07, 6.45) is 0. The maximum absolute atomic E-state index is 11.0. The molecule has 0 atom stereocenters. The van der Waals surface area contributed by atoms with Crippen molar-refractivity contribution in [1.82, 2.24) is 0 Å². The number of aliphatic carboxylic acids is 1. The molecule has 2 N–H and O–H groups in total. The third-order valence-electron chi connectivity index (χ3n) is 2.29. The third kappa shape index (κ3) is 2.91. The Labute approximate surface area is 104 Å². The Morgan fingerprint density at radius 2 is 1.78 bits per heavy atom. The standard InChI is InChI=1S/C12H14O6/c1-12(2,11(15)16)18-9-6-7(10(13)14)4-5-8(9)17-3/h4-6H,1-3H3,(H,13,14)(H,15,16). The molecule has 0 aromatic heterocycles. The highest BCUT2D eigenvalue weighted by atomic mass is 16.5. The van der Waals surface area contributed by atoms with E-state index in [2.05, 4.69) is 0 Å². The summed E-state index contributed by atoms with van der Waals surface area (Å²) in [5.74, 6) is -1.94. The number of ether oxygens (including phenoxy) is 2. The first-order chi connectivity index (χ1) is 8.27. The first-order valence-corrected chi connectivity index (χ1v) is 5.11. The molecule has 0 radical (unpaired) electrons. The highest BCUT2D eigenvalue weighted by Crippen LogP contribution is 2.31. The van der Waals surface area contributed by atoms with E-state index in [1.807, 2.05) is 0 Å². The van der Waals surface area contributed by atoms with Crippen molar-refractivity contribution < 1.29 is 29.3 Å². The van der Waals surface area contributed by atoms with Gasteiger partial charge in [0.1, 0.15) is 0 Å². The van der Waals surface area contributed by atoms with E-state index in [-0.39, 0.29) is 17.1 Å². The number of carboxylic acids is 2. The average Bonchev–Trinajstić information content (AvgIpc) is 2.28. The Balaban J connectivity index is 3.17. The van der Waals surface area contributed by atoms with Crippen molar-refractivity contribution >= 4 is 11.9 Å². The first kappa shape index (κ1) is 13.8. The molecular weight excluding hydrogens is 240 g/mol. The second-order valence-corrected chi connectivity index (χ2v) is 4.09. The second-order valence-electron chi connectivity index (χ2n) is 4.09. The lowest BCUT2D eigenvalue weighted by atomic mass is 10.1. The summed E-state index contributed by atoms with van der Waals surface area (Å²) in [7, 11) is 1.39. The minimum absolute atomic E-state index is 0.00742. The molecule has 1 rings (SSSR count). The van der Waals surface area contributed by atoms with Crippen LogP contribution in [0.2, 0.25) is 0 Å². The van der Waals surface area contributed by atoms with Crippen molar-refractivity contribution in [2.45, 2.75) is 19.4 Å². The fourth-order valence-corrected chi connectivity index (χ4v) is 1.21. The monoisotopic (exact) mass is 254 g/mol. The van der Waals surface area contributed by atoms with Crippen LogP contribution >= 0.6 is 0 Å². The van der Waals surface area contributed by atoms with E-state index in [0.29, 0.717) is 0 Å². The molecule has 0 aliphatic heterocycles. The summed E-state index contributed by atoms with van der Waals surface area (Å²) in [5.41, 5.74) is -1.49. The van der Waals surface area contributed by atoms with Gasteiger partial charge in [-0.15, -0.1) is 0 Å². The van der Waals surface area contributed by atoms with E-state index in [1.165, 1.54) is 39.2 Å². The summed E-state index contributed by atoms with van der Waals surface area (Å²) in [4.78, 5) is 21.8. The summed E-state index contributed by atoms with van der Waals surface area (Å²) in [6, 6.07) is 3.99. The van der Waals surface area contributed by atoms with Crippen LogP contribution in [-0.4, -0.2) is 34.9 Å². The number of benzene rings is 1. The number of hydrogen-bond acceptors (Lipinski definition) is 4. The number of hydrogen-bond donors (Lipinski definition) is 2. The van der Waals surface area contributed by atoms with E-state index in [0.717, 1.165) is 0 Å². The molecule has 6 nitrogen and oxygen atoms in total. The normalized spacial score (nSPS) is 10.8. The summed E-state index contributed by atoms with van der Waals surface area (Å²) in [6.45, 7) is 2.73. The number of methoxy groups -OCH3 is 1. The van der Waals surface area contributed by atoms with Crippen molar-refractivity contribution in [3.63, 3.8) is 0 Å². The van der Waals surface area contributed by atoms with E-state index >= 15 is 0 Å². The molecule has 0 aliphatic rings. The van der Waals surface area contributed by atoms with Gasteiger partial charge in [-0.05, 0) is 32.0 Å². The topological polar surface area (TPSA) is 93.1 Å². The lowest BCUT2D eigenvalue weighted by Crippen LogP contribution is -2.38. The third-order valence-corrected chi connectivity index (χ3v) is 2.29. The zero-order chi connectivity index (χ0) is 13.9. The van der Waals surface area contributed by atoms with Crippen molar-refractivity contribution in [3.8, 4) is 11.5 Å². The van der Waals surface area contributed by atoms with Crippen molar-refractivity contribution in [2.75, 3.05) is 7.11 Å². The van der Waals surface area contributed by atoms with Crippen LogP contribution in [0.15, 0.2) is 18.2 Å². The SMILES string of the molecule is COc1ccc(C(=O)O)cc1OC(C)(C)C(=O)O. The molecule has 1 aromatic rings. The molecule has 0 aliphatic carbocycles. The largest absolute Gasteiger partial charge is 0.493 e. The van der Waals surface area contributed by atoms with Gasteiger partial charge in [0.15, 0.2) is 17.1 Å². The Morgan fingerprint density at radius 1 is 1.17 bits per heavy atom. The van der Waals surface area contributed by atoms with Crippen LogP contribution in [0.5, 0.6) is 11.5 Å². The minimum atomic E-state index is -1.48. The van der Waals surface area contributed by atoms with E-state index < -0.39 is 17.5 Å². The Hall–Kier alpha value is -2.24. The number of rotatable bonds is 5. The van der Waals surface area contributed by atoms with Gasteiger partial charge in [-0.3, -0.25) is 0 Å². The maximum atomic E-state index is 11.0. The molecule has 0 unspecified atom stereocenters. The van der Waals surface area contributed by atoms with Gasteiger partial charge in [-0.25, -0.2) is 9.59 Å². The summed E-state index contributed by atoms with van der Waals surface area (Å²) in [5, 5.41) is 17.8. The van der Waals surface area contributed by atoms with Crippen LogP contribution < -0.4 is 9.47 Å². The van der Waals surface area contributed by atoms with Gasteiger partial charge in [-0.2, -0.15) is 0 Å². The van der Waals surface area contributed by atoms with Gasteiger partial charge in [-0.1, -0.05) is 0 Å². The van der Waals surface area contributed by atoms with Crippen LogP contribution in [0, 0.1) is 0 Å². The van der Waals surface area contributed by atoms with Gasteiger partial charge < -0.3 is 19.7 Å². The summed E-state index contributed by atoms with van der Waals surface area (Å²) >= 11 is 0. The smallest absolute Gasteiger partial charge is 0.347 e. The van der Waals surface area contributed by atoms with E-state index in [4.69, 9.17) is 19.7 Å². The molecule has 0 fully saturated rings. The minimum Gasteiger partial charge on any atom is -0.493 e. The van der Waals surface area contributed by atoms with Gasteiger partial charge >= 0.3 is 11.9 Å². The molecular formula is C12H14O6. The Kier molecular flexibility index (Phi) is 3.80. The molecule has 0 bridgehead atoms. The van der Waals surface area contributed by atoms with Crippen molar-refractivity contribution in [3.05, 3.63) is 23.8 Å². The van der Waals surface area contributed by atoms with Crippen LogP contribution in [0.1, 0.15) is 24.2 Å². The maximum Gasteiger partial charge on any atom is 0.347 e. The molecule has 18 heavy (non-hydrogen) atoms. The molecule has 6 heteroatoms. The molecule has 0 saturated heterocycles. The van der Waals surface area contributed by atoms with E-state index in [1.54, 1.807) is 0 Å². The van der Waals surface area contributed by atoms with Gasteiger partial charge in [0.25, 0.3) is 0 Å². The predicted octanol–water partition coefficient (Wildman–Crippen LogP) is 1.64. The lowest BCUT2D eigenvalue weighted by Gasteiger charge is -2.23. The number of carbonyl (C=O) groups is 2. The van der Waals surface area contributed by atoms with Crippen LogP contribution in [0.3, 0.4) is 0 Å². The molecule has 0 spiro atoms. The summed E-state index contributed by atoms with van der Waals surface area (Å²) < 4.78 is 10.3. The van der Waals surface area contributed by atoms with Gasteiger partial charge in [0.2, 0.25) is 0 Å². The fourth-order valence-electron chi connectivity index (χ4n) is 1.21. The fraction of sp³-hybridized carbons (Fsp3) is 0.333. The molecule has 1 aromatic carbocycles. The molecule has 0 saturated carbocycles. The predicted molar refractivity (Wildman–Crippen MR) is 62.3 cm³/mol. The molecule has 0 amide bonds. The first-order valence-electron chi connectivity index (χ1n) is 5.11. The van der Waals surface area contributed by atoms with Crippen LogP contribution in [0.4, 0.5) is 0 Å². The van der Waals surface area contributed by atoms with Crippen molar-refractivity contribution in [2.24, 2.45) is 0 Å². The molecule has 98 valence electrons. The van der Waals surface area contributed by atoms with Gasteiger partial charge in [0.05, 0.1) is 12.7 Å². The van der Waals surface area contributed by atoms with Crippen LogP contribution in [-0.2, 0) is 4.79 Å². The quantitative estimate of drug-likeness (QED) is 0.829. The zero-order valence-corrected chi connectivity index (χ0v) is 10.3. The lowest BCUT2D eigenvalue weighted by molar-refractivity contribution is -0.152. The zero-order valence-electron chi connectivity index (χ0n) is 10.3. The van der Waals surface area contributed by atoms with Gasteiger partial charge in [0, 0.05) is 0 Å². The van der Waals surface area contributed by atoms with Crippen LogP contribution in [0.25, 0.3) is 0 Å². The highest BCUT2D eigenvalue weighted by Gasteiger charge is 2.30. The highest BCUT2D eigenvalue weighted by molar-refractivity contribution is 5.88.